The fraction of sp³-hybridized carbons (Fsp3) is 0.727. The van der Waals surface area contributed by atoms with Crippen molar-refractivity contribution >= 4 is 30.5 Å². The van der Waals surface area contributed by atoms with Crippen LogP contribution in [0.1, 0.15) is 20.8 Å². The van der Waals surface area contributed by atoms with Crippen LogP contribution in [0.5, 0.6) is 0 Å². The van der Waals surface area contributed by atoms with E-state index in [0.717, 1.165) is 0 Å². The van der Waals surface area contributed by atoms with Gasteiger partial charge in [0, 0.05) is 19.8 Å². The molecule has 0 aromatic heterocycles. The number of carbonyl (C=O) groups excluding carboxylic acids is 3. The van der Waals surface area contributed by atoms with Gasteiger partial charge in [0.05, 0.1) is 0 Å². The van der Waals surface area contributed by atoms with Crippen LogP contribution in [0, 0.1) is 0 Å². The van der Waals surface area contributed by atoms with Crippen molar-refractivity contribution in [2.45, 2.75) is 39.2 Å². The predicted octanol–water partition coefficient (Wildman–Crippen LogP) is -0.112. The lowest BCUT2D eigenvalue weighted by molar-refractivity contribution is -0.185. The summed E-state index contributed by atoms with van der Waals surface area (Å²) in [7, 11) is 1.38. The largest absolute Gasteiger partial charge is 0.449 e. The van der Waals surface area contributed by atoms with Gasteiger partial charge in [0.15, 0.2) is 12.4 Å². The maximum absolute atomic E-state index is 11.7. The summed E-state index contributed by atoms with van der Waals surface area (Å²) >= 11 is 3.92. The first kappa shape index (κ1) is 17.7. The maximum Gasteiger partial charge on any atom is 0.349 e. The minimum atomic E-state index is -1.10. The van der Waals surface area contributed by atoms with E-state index >= 15 is 0 Å². The van der Waals surface area contributed by atoms with E-state index in [-0.39, 0.29) is 11.7 Å². The van der Waals surface area contributed by atoms with Crippen LogP contribution >= 0.6 is 12.6 Å². The third-order valence-corrected chi connectivity index (χ3v) is 2.45. The molecule has 0 saturated heterocycles. The Hall–Kier alpha value is -1.28. The fourth-order valence-electron chi connectivity index (χ4n) is 1.04. The van der Waals surface area contributed by atoms with E-state index in [0.29, 0.717) is 0 Å². The van der Waals surface area contributed by atoms with Gasteiger partial charge in [-0.15, -0.1) is 0 Å². The summed E-state index contributed by atoms with van der Waals surface area (Å²) in [4.78, 5) is 34.0. The lowest BCUT2D eigenvalue weighted by Gasteiger charge is -2.19. The third-order valence-electron chi connectivity index (χ3n) is 2.08. The van der Waals surface area contributed by atoms with Crippen LogP contribution in [0.2, 0.25) is 0 Å². The molecule has 0 aromatic carbocycles. The van der Waals surface area contributed by atoms with Crippen molar-refractivity contribution in [2.24, 2.45) is 0 Å². The van der Waals surface area contributed by atoms with Crippen LogP contribution in [0.25, 0.3) is 0 Å². The number of thiol groups is 1. The molecule has 0 heterocycles. The normalized spacial score (nSPS) is 15.0. The summed E-state index contributed by atoms with van der Waals surface area (Å²) < 4.78 is 14.4. The highest BCUT2D eigenvalue weighted by Crippen LogP contribution is 2.02. The van der Waals surface area contributed by atoms with E-state index < -0.39 is 30.4 Å². The number of nitrogens with one attached hydrogen (secondary N) is 1. The van der Waals surface area contributed by atoms with Crippen LogP contribution in [0.4, 0.5) is 0 Å². The number of hydrogen-bond donors (Lipinski definition) is 2. The van der Waals surface area contributed by atoms with Gasteiger partial charge < -0.3 is 19.5 Å². The van der Waals surface area contributed by atoms with Crippen LogP contribution in [-0.4, -0.2) is 49.1 Å². The summed E-state index contributed by atoms with van der Waals surface area (Å²) in [5.74, 6) is -1.81. The molecule has 0 rings (SSSR count). The molecule has 1 N–H and O–H groups in total. The highest BCUT2D eigenvalue weighted by Gasteiger charge is 2.26. The molecular weight excluding hydrogens is 274 g/mol. The number of esters is 2. The smallest absolute Gasteiger partial charge is 0.349 e. The minimum absolute atomic E-state index is 0.0641. The summed E-state index contributed by atoms with van der Waals surface area (Å²) in [6, 6.07) is -0.907. The first-order chi connectivity index (χ1) is 8.81. The van der Waals surface area contributed by atoms with Crippen molar-refractivity contribution < 1.29 is 28.6 Å². The maximum atomic E-state index is 11.7. The van der Waals surface area contributed by atoms with Gasteiger partial charge in [-0.1, -0.05) is 0 Å². The second kappa shape index (κ2) is 8.76. The molecule has 110 valence electrons. The van der Waals surface area contributed by atoms with Crippen LogP contribution in [0.15, 0.2) is 0 Å². The average molecular weight is 293 g/mol. The zero-order valence-corrected chi connectivity index (χ0v) is 12.2. The molecule has 0 aliphatic rings. The van der Waals surface area contributed by atoms with E-state index in [1.165, 1.54) is 27.9 Å². The quantitative estimate of drug-likeness (QED) is 0.386. The zero-order chi connectivity index (χ0) is 15.0. The molecule has 3 atom stereocenters. The van der Waals surface area contributed by atoms with E-state index in [1.807, 2.05) is 0 Å². The zero-order valence-electron chi connectivity index (χ0n) is 11.3. The molecule has 0 saturated carbocycles. The molecular formula is C11H19NO6S. The Morgan fingerprint density at radius 2 is 1.74 bits per heavy atom. The van der Waals surface area contributed by atoms with E-state index in [9.17, 15) is 14.4 Å². The standard InChI is InChI=1S/C11H19NO6S/c1-6(10(14)18-8(3)16-4)17-11(15)9(5-19)12-7(2)13/h6,8-9,19H,5H2,1-4H3,(H,12,13). The Morgan fingerprint density at radius 1 is 1.16 bits per heavy atom. The third kappa shape index (κ3) is 7.02. The lowest BCUT2D eigenvalue weighted by Crippen LogP contribution is -2.44. The van der Waals surface area contributed by atoms with Crippen LogP contribution in [-0.2, 0) is 28.6 Å². The van der Waals surface area contributed by atoms with Gasteiger partial charge in [0.2, 0.25) is 5.91 Å². The molecule has 0 radical (unpaired) electrons. The van der Waals surface area contributed by atoms with Gasteiger partial charge in [-0.05, 0) is 13.8 Å². The molecule has 0 fully saturated rings. The monoisotopic (exact) mass is 293 g/mol. The van der Waals surface area contributed by atoms with Gasteiger partial charge in [-0.3, -0.25) is 4.79 Å². The highest BCUT2D eigenvalue weighted by molar-refractivity contribution is 7.80. The molecule has 0 spiro atoms. The SMILES string of the molecule is COC(C)OC(=O)C(C)OC(=O)C(CS)NC(C)=O. The second-order valence-corrected chi connectivity index (χ2v) is 4.12. The summed E-state index contributed by atoms with van der Waals surface area (Å²) in [5.41, 5.74) is 0. The van der Waals surface area contributed by atoms with Gasteiger partial charge in [-0.25, -0.2) is 9.59 Å². The van der Waals surface area contributed by atoms with Gasteiger partial charge >= 0.3 is 11.9 Å². The van der Waals surface area contributed by atoms with Gasteiger partial charge in [0.25, 0.3) is 0 Å². The summed E-state index contributed by atoms with van der Waals surface area (Å²) in [6.45, 7) is 4.16. The van der Waals surface area contributed by atoms with Gasteiger partial charge in [0.1, 0.15) is 6.04 Å². The minimum Gasteiger partial charge on any atom is -0.449 e. The number of carbonyl (C=O) groups is 3. The number of rotatable bonds is 7. The molecule has 0 bridgehead atoms. The van der Waals surface area contributed by atoms with E-state index in [1.54, 1.807) is 0 Å². The molecule has 0 aliphatic carbocycles. The Morgan fingerprint density at radius 3 is 2.16 bits per heavy atom. The average Bonchev–Trinajstić information content (AvgIpc) is 2.34. The van der Waals surface area contributed by atoms with Crippen molar-refractivity contribution in [1.29, 1.82) is 0 Å². The Labute approximate surface area is 117 Å². The van der Waals surface area contributed by atoms with E-state index in [4.69, 9.17) is 14.2 Å². The van der Waals surface area contributed by atoms with Crippen molar-refractivity contribution in [3.8, 4) is 0 Å². The number of ether oxygens (including phenoxy) is 3. The van der Waals surface area contributed by atoms with Gasteiger partial charge in [-0.2, -0.15) is 12.6 Å². The van der Waals surface area contributed by atoms with Crippen LogP contribution < -0.4 is 5.32 Å². The lowest BCUT2D eigenvalue weighted by atomic mass is 10.3. The molecule has 8 heteroatoms. The van der Waals surface area contributed by atoms with Crippen molar-refractivity contribution in [2.75, 3.05) is 12.9 Å². The van der Waals surface area contributed by atoms with Crippen molar-refractivity contribution in [3.63, 3.8) is 0 Å². The van der Waals surface area contributed by atoms with E-state index in [2.05, 4.69) is 17.9 Å². The Bertz CT molecular complexity index is 335. The van der Waals surface area contributed by atoms with Crippen LogP contribution in [0.3, 0.4) is 0 Å². The Balaban J connectivity index is 4.37. The Kier molecular flexibility index (Phi) is 8.17. The molecule has 19 heavy (non-hydrogen) atoms. The summed E-state index contributed by atoms with van der Waals surface area (Å²) in [5, 5.41) is 2.36. The van der Waals surface area contributed by atoms with Crippen molar-refractivity contribution in [1.82, 2.24) is 5.32 Å². The topological polar surface area (TPSA) is 90.9 Å². The molecule has 1 amide bonds. The highest BCUT2D eigenvalue weighted by atomic mass is 32.1. The number of methoxy groups -OCH3 is 1. The fourth-order valence-corrected chi connectivity index (χ4v) is 1.28. The molecule has 7 nitrogen and oxygen atoms in total. The first-order valence-corrected chi connectivity index (χ1v) is 6.26. The summed E-state index contributed by atoms with van der Waals surface area (Å²) in [6.07, 6.45) is -1.83. The molecule has 3 unspecified atom stereocenters. The van der Waals surface area contributed by atoms with Crippen molar-refractivity contribution in [3.05, 3.63) is 0 Å². The number of hydrogen-bond acceptors (Lipinski definition) is 7. The number of amides is 1. The molecule has 0 aromatic rings. The predicted molar refractivity (Wildman–Crippen MR) is 69.6 cm³/mol. The molecule has 0 aliphatic heterocycles. The first-order valence-electron chi connectivity index (χ1n) is 5.63. The second-order valence-electron chi connectivity index (χ2n) is 3.76.